The lowest BCUT2D eigenvalue weighted by molar-refractivity contribution is -0.143. The fourth-order valence-electron chi connectivity index (χ4n) is 12.6. The number of allylic oxidation sites excluding steroid dienone is 1. The maximum absolute atomic E-state index is 12.6. The van der Waals surface area contributed by atoms with Crippen molar-refractivity contribution in [3.05, 3.63) is 12.2 Å². The number of unbranched alkanes of at least 4 members (excludes halogenated alkanes) is 63. The van der Waals surface area contributed by atoms with E-state index in [1.807, 2.05) is 6.08 Å². The molecule has 500 valence electrons. The zero-order chi connectivity index (χ0) is 60.6. The van der Waals surface area contributed by atoms with Crippen molar-refractivity contribution < 1.29 is 24.5 Å². The van der Waals surface area contributed by atoms with Crippen LogP contribution >= 0.6 is 0 Å². The Kier molecular flexibility index (Phi) is 72.8. The van der Waals surface area contributed by atoms with Gasteiger partial charge < -0.3 is 20.3 Å². The monoisotopic (exact) mass is 1180 g/mol. The first-order valence-electron chi connectivity index (χ1n) is 39.0. The highest BCUT2D eigenvalue weighted by molar-refractivity contribution is 5.76. The zero-order valence-electron chi connectivity index (χ0n) is 57.4. The number of hydrogen-bond acceptors (Lipinski definition) is 5. The number of aliphatic hydroxyl groups is 2. The number of aliphatic hydroxyl groups excluding tert-OH is 2. The molecular weight excluding hydrogens is 1030 g/mol. The van der Waals surface area contributed by atoms with E-state index in [1.54, 1.807) is 6.08 Å². The van der Waals surface area contributed by atoms with Crippen molar-refractivity contribution >= 4 is 11.9 Å². The summed E-state index contributed by atoms with van der Waals surface area (Å²) in [6.45, 7) is 4.97. The first-order valence-corrected chi connectivity index (χ1v) is 39.0. The van der Waals surface area contributed by atoms with Crippen molar-refractivity contribution in [1.29, 1.82) is 0 Å². The van der Waals surface area contributed by atoms with Gasteiger partial charge in [-0.25, -0.2) is 0 Å². The van der Waals surface area contributed by atoms with E-state index in [0.29, 0.717) is 19.4 Å². The maximum atomic E-state index is 12.6. The number of carbonyl (C=O) groups is 2. The number of ether oxygens (including phenoxy) is 1. The fraction of sp³-hybridized carbons (Fsp3) is 0.949. The van der Waals surface area contributed by atoms with Crippen LogP contribution in [-0.4, -0.2) is 47.4 Å². The molecule has 0 heterocycles. The molecule has 0 aromatic carbocycles. The van der Waals surface area contributed by atoms with Gasteiger partial charge in [0.1, 0.15) is 0 Å². The van der Waals surface area contributed by atoms with Crippen LogP contribution in [0.2, 0.25) is 0 Å². The number of hydrogen-bond donors (Lipinski definition) is 3. The first-order chi connectivity index (χ1) is 41.5. The molecule has 0 saturated carbocycles. The highest BCUT2D eigenvalue weighted by Gasteiger charge is 2.18. The Morgan fingerprint density at radius 1 is 0.321 bits per heavy atom. The molecule has 0 aliphatic heterocycles. The average molecular weight is 1190 g/mol. The third-order valence-electron chi connectivity index (χ3n) is 18.6. The van der Waals surface area contributed by atoms with Crippen LogP contribution in [-0.2, 0) is 14.3 Å². The quantitative estimate of drug-likeness (QED) is 0.0320. The summed E-state index contributed by atoms with van der Waals surface area (Å²) < 4.78 is 5.52. The predicted octanol–water partition coefficient (Wildman–Crippen LogP) is 25.5. The molecule has 0 fully saturated rings. The van der Waals surface area contributed by atoms with E-state index in [9.17, 15) is 19.8 Å². The molecule has 0 aliphatic rings. The summed E-state index contributed by atoms with van der Waals surface area (Å²) in [4.78, 5) is 24.7. The Labute approximate surface area is 527 Å². The van der Waals surface area contributed by atoms with Crippen LogP contribution in [0.5, 0.6) is 0 Å². The van der Waals surface area contributed by atoms with Crippen molar-refractivity contribution in [2.45, 2.75) is 463 Å². The first kappa shape index (κ1) is 82.6. The molecule has 84 heavy (non-hydrogen) atoms. The van der Waals surface area contributed by atoms with Crippen molar-refractivity contribution in [2.75, 3.05) is 13.2 Å². The Hall–Kier alpha value is -1.40. The minimum absolute atomic E-state index is 0.0213. The van der Waals surface area contributed by atoms with E-state index in [2.05, 4.69) is 19.2 Å². The topological polar surface area (TPSA) is 95.9 Å². The van der Waals surface area contributed by atoms with E-state index in [-0.39, 0.29) is 18.5 Å². The van der Waals surface area contributed by atoms with Gasteiger partial charge in [-0.15, -0.1) is 0 Å². The predicted molar refractivity (Wildman–Crippen MR) is 370 cm³/mol. The number of esters is 1. The Bertz CT molecular complexity index is 1270. The third-order valence-corrected chi connectivity index (χ3v) is 18.6. The van der Waals surface area contributed by atoms with Crippen molar-refractivity contribution in [3.8, 4) is 0 Å². The largest absolute Gasteiger partial charge is 0.466 e. The van der Waals surface area contributed by atoms with Gasteiger partial charge in [0.25, 0.3) is 0 Å². The molecule has 0 radical (unpaired) electrons. The lowest BCUT2D eigenvalue weighted by Gasteiger charge is -2.20. The number of nitrogens with one attached hydrogen (secondary N) is 1. The fourth-order valence-corrected chi connectivity index (χ4v) is 12.6. The third kappa shape index (κ3) is 69.7. The molecule has 0 aliphatic carbocycles. The summed E-state index contributed by atoms with van der Waals surface area (Å²) in [6, 6.07) is -0.628. The summed E-state index contributed by atoms with van der Waals surface area (Å²) in [6.07, 6.45) is 93.2. The Balaban J connectivity index is 3.37. The molecule has 0 rings (SSSR count). The minimum atomic E-state index is -0.845. The van der Waals surface area contributed by atoms with Crippen LogP contribution < -0.4 is 5.32 Å². The zero-order valence-corrected chi connectivity index (χ0v) is 57.4. The molecule has 0 aromatic rings. The van der Waals surface area contributed by atoms with Crippen molar-refractivity contribution in [2.24, 2.45) is 0 Å². The van der Waals surface area contributed by atoms with Crippen LogP contribution in [0.3, 0.4) is 0 Å². The van der Waals surface area contributed by atoms with Gasteiger partial charge in [0.05, 0.1) is 25.4 Å². The summed E-state index contributed by atoms with van der Waals surface area (Å²) in [5, 5.41) is 23.3. The molecule has 0 spiro atoms. The second-order valence-electron chi connectivity index (χ2n) is 27.1. The van der Waals surface area contributed by atoms with Gasteiger partial charge >= 0.3 is 5.97 Å². The second-order valence-corrected chi connectivity index (χ2v) is 27.1. The van der Waals surface area contributed by atoms with E-state index >= 15 is 0 Å². The highest BCUT2D eigenvalue weighted by atomic mass is 16.5. The summed E-state index contributed by atoms with van der Waals surface area (Å²) in [5.41, 5.74) is 0. The van der Waals surface area contributed by atoms with Gasteiger partial charge in [-0.3, -0.25) is 9.59 Å². The highest BCUT2D eigenvalue weighted by Crippen LogP contribution is 2.20. The summed E-state index contributed by atoms with van der Waals surface area (Å²) in [7, 11) is 0. The van der Waals surface area contributed by atoms with E-state index in [4.69, 9.17) is 4.74 Å². The van der Waals surface area contributed by atoms with Gasteiger partial charge in [-0.1, -0.05) is 418 Å². The number of amides is 1. The van der Waals surface area contributed by atoms with Crippen molar-refractivity contribution in [3.63, 3.8) is 0 Å². The lowest BCUT2D eigenvalue weighted by atomic mass is 10.0. The smallest absolute Gasteiger partial charge is 0.305 e. The summed E-state index contributed by atoms with van der Waals surface area (Å²) >= 11 is 0. The van der Waals surface area contributed by atoms with Crippen molar-refractivity contribution in [1.82, 2.24) is 5.32 Å². The number of carbonyl (C=O) groups excluding carboxylic acids is 2. The SMILES string of the molecule is CCCCCCCCCCCCCCCCCCCCCCCC/C=C/C(O)C(CO)NC(=O)CCCCCCCCCCCCCCCCCCCCCCCCCCOC(=O)CCCCCCCCCCCCCCCCCCCCC. The number of rotatable bonds is 74. The molecule has 6 nitrogen and oxygen atoms in total. The molecule has 1 amide bonds. The van der Waals surface area contributed by atoms with Crippen LogP contribution in [0, 0.1) is 0 Å². The minimum Gasteiger partial charge on any atom is -0.466 e. The second kappa shape index (κ2) is 74.1. The molecular formula is C78H153NO5. The normalized spacial score (nSPS) is 12.5. The van der Waals surface area contributed by atoms with E-state index in [0.717, 1.165) is 38.5 Å². The van der Waals surface area contributed by atoms with Gasteiger partial charge in [-0.05, 0) is 32.1 Å². The van der Waals surface area contributed by atoms with E-state index in [1.165, 1.54) is 385 Å². The summed E-state index contributed by atoms with van der Waals surface area (Å²) in [5.74, 6) is -0.0398. The maximum Gasteiger partial charge on any atom is 0.305 e. The van der Waals surface area contributed by atoms with Crippen LogP contribution in [0.4, 0.5) is 0 Å². The standard InChI is InChI=1S/C78H153NO5/c1-3-5-7-9-11-13-15-17-19-21-23-24-25-28-31-35-38-42-46-50-54-58-62-66-70-76(81)75(74-80)79-77(82)71-67-63-59-55-51-47-43-39-36-32-29-26-27-30-33-37-41-45-49-53-57-61-65-69-73-84-78(83)72-68-64-60-56-52-48-44-40-34-22-20-18-16-14-12-10-8-6-4-2/h66,70,75-76,80-81H,3-65,67-69,71-74H2,1-2H3,(H,79,82)/b70-66+. The molecule has 6 heteroatoms. The van der Waals surface area contributed by atoms with Crippen LogP contribution in [0.15, 0.2) is 12.2 Å². The van der Waals surface area contributed by atoms with Gasteiger partial charge in [-0.2, -0.15) is 0 Å². The Morgan fingerprint density at radius 3 is 0.810 bits per heavy atom. The van der Waals surface area contributed by atoms with E-state index < -0.39 is 12.1 Å². The van der Waals surface area contributed by atoms with Crippen LogP contribution in [0.25, 0.3) is 0 Å². The molecule has 0 bridgehead atoms. The molecule has 0 aromatic heterocycles. The lowest BCUT2D eigenvalue weighted by Crippen LogP contribution is -2.45. The average Bonchev–Trinajstić information content (AvgIpc) is 3.51. The Morgan fingerprint density at radius 2 is 0.548 bits per heavy atom. The molecule has 2 unspecified atom stereocenters. The molecule has 2 atom stereocenters. The van der Waals surface area contributed by atoms with Gasteiger partial charge in [0, 0.05) is 12.8 Å². The van der Waals surface area contributed by atoms with Crippen LogP contribution in [0.1, 0.15) is 450 Å². The van der Waals surface area contributed by atoms with Gasteiger partial charge in [0.2, 0.25) is 5.91 Å². The van der Waals surface area contributed by atoms with Gasteiger partial charge in [0.15, 0.2) is 0 Å². The molecule has 0 saturated heterocycles. The molecule has 3 N–H and O–H groups in total.